The summed E-state index contributed by atoms with van der Waals surface area (Å²) in [6.45, 7) is 4.92. The highest BCUT2D eigenvalue weighted by atomic mass is 16.5. The van der Waals surface area contributed by atoms with Gasteiger partial charge in [0.2, 0.25) is 5.95 Å². The number of nitrogens with zero attached hydrogens (tertiary/aromatic N) is 4. The number of ether oxygens (including phenoxy) is 3. The van der Waals surface area contributed by atoms with E-state index in [1.807, 2.05) is 65.2 Å². The molecule has 0 amide bonds. The Bertz CT molecular complexity index is 1210. The van der Waals surface area contributed by atoms with E-state index in [1.165, 1.54) is 0 Å². The van der Waals surface area contributed by atoms with E-state index in [0.717, 1.165) is 61.2 Å². The van der Waals surface area contributed by atoms with Crippen molar-refractivity contribution < 1.29 is 14.2 Å². The lowest BCUT2D eigenvalue weighted by atomic mass is 10.1. The van der Waals surface area contributed by atoms with Crippen molar-refractivity contribution in [1.82, 2.24) is 19.3 Å². The van der Waals surface area contributed by atoms with Crippen LogP contribution in [-0.4, -0.2) is 65.8 Å². The van der Waals surface area contributed by atoms with Crippen LogP contribution in [-0.2, 0) is 4.74 Å². The third-order valence-electron chi connectivity index (χ3n) is 5.65. The van der Waals surface area contributed by atoms with Crippen molar-refractivity contribution in [3.63, 3.8) is 0 Å². The van der Waals surface area contributed by atoms with Crippen LogP contribution < -0.4 is 14.8 Å². The highest BCUT2D eigenvalue weighted by Gasteiger charge is 2.14. The topological polar surface area (TPSA) is 73.2 Å². The van der Waals surface area contributed by atoms with Gasteiger partial charge in [0.1, 0.15) is 12.3 Å². The van der Waals surface area contributed by atoms with Crippen LogP contribution in [0, 0.1) is 0 Å². The minimum absolute atomic E-state index is 0.596. The van der Waals surface area contributed by atoms with Gasteiger partial charge in [-0.25, -0.2) is 9.97 Å². The smallest absolute Gasteiger partial charge is 0.213 e. The zero-order valence-corrected chi connectivity index (χ0v) is 18.6. The summed E-state index contributed by atoms with van der Waals surface area (Å²) in [6.07, 6.45) is 3.66. The molecule has 1 aliphatic rings. The maximum absolute atomic E-state index is 6.03. The Balaban J connectivity index is 1.37. The number of hydrogen-bond acceptors (Lipinski definition) is 7. The van der Waals surface area contributed by atoms with Gasteiger partial charge in [-0.15, -0.1) is 0 Å². The number of imidazole rings is 1. The molecule has 1 saturated heterocycles. The molecule has 1 N–H and O–H groups in total. The summed E-state index contributed by atoms with van der Waals surface area (Å²) < 4.78 is 19.0. The predicted molar refractivity (Wildman–Crippen MR) is 127 cm³/mol. The second kappa shape index (κ2) is 9.89. The maximum Gasteiger partial charge on any atom is 0.213 e. The summed E-state index contributed by atoms with van der Waals surface area (Å²) in [5, 5.41) is 3.38. The van der Waals surface area contributed by atoms with Gasteiger partial charge in [-0.3, -0.25) is 9.30 Å². The monoisotopic (exact) mass is 445 g/mol. The van der Waals surface area contributed by atoms with E-state index in [0.29, 0.717) is 18.3 Å². The molecule has 0 atom stereocenters. The number of hydrogen-bond donors (Lipinski definition) is 1. The number of fused-ring (bicyclic) bond motifs is 1. The predicted octanol–water partition coefficient (Wildman–Crippen LogP) is 3.86. The standard InChI is InChI=1S/C25H27N5O3/c1-31-23-17-19(7-8-22(23)33-16-13-29-11-14-32-15-12-29)21-18-24-26-9-10-30(24)25(28-21)27-20-5-3-2-4-6-20/h2-10,17-18H,11-16H2,1H3,(H,27,28). The summed E-state index contributed by atoms with van der Waals surface area (Å²) in [5.74, 6) is 2.09. The van der Waals surface area contributed by atoms with E-state index in [4.69, 9.17) is 19.2 Å². The second-order valence-electron chi connectivity index (χ2n) is 7.78. The first-order chi connectivity index (χ1) is 16.3. The van der Waals surface area contributed by atoms with Gasteiger partial charge in [0.05, 0.1) is 26.0 Å². The molecule has 33 heavy (non-hydrogen) atoms. The number of anilines is 2. The Labute approximate surface area is 192 Å². The van der Waals surface area contributed by atoms with Crippen molar-refractivity contribution in [2.24, 2.45) is 0 Å². The van der Waals surface area contributed by atoms with E-state index >= 15 is 0 Å². The lowest BCUT2D eigenvalue weighted by molar-refractivity contribution is 0.0321. The second-order valence-corrected chi connectivity index (χ2v) is 7.78. The molecule has 8 nitrogen and oxygen atoms in total. The molecule has 0 spiro atoms. The fourth-order valence-corrected chi connectivity index (χ4v) is 3.87. The number of aromatic nitrogens is 3. The minimum atomic E-state index is 0.596. The Kier molecular flexibility index (Phi) is 6.37. The van der Waals surface area contributed by atoms with Crippen molar-refractivity contribution in [2.45, 2.75) is 0 Å². The van der Waals surface area contributed by atoms with Gasteiger partial charge in [-0.05, 0) is 30.3 Å². The van der Waals surface area contributed by atoms with Crippen LogP contribution in [0.25, 0.3) is 16.9 Å². The summed E-state index contributed by atoms with van der Waals surface area (Å²) in [5.41, 5.74) is 3.49. The normalized spacial score (nSPS) is 14.3. The number of para-hydroxylation sites is 1. The van der Waals surface area contributed by atoms with Crippen LogP contribution in [0.3, 0.4) is 0 Å². The van der Waals surface area contributed by atoms with Gasteiger partial charge < -0.3 is 19.5 Å². The molecular weight excluding hydrogens is 418 g/mol. The number of nitrogens with one attached hydrogen (secondary N) is 1. The summed E-state index contributed by atoms with van der Waals surface area (Å²) in [7, 11) is 1.65. The van der Waals surface area contributed by atoms with Crippen LogP contribution in [0.2, 0.25) is 0 Å². The molecule has 1 aliphatic heterocycles. The lowest BCUT2D eigenvalue weighted by Gasteiger charge is -2.26. The van der Waals surface area contributed by atoms with Crippen LogP contribution in [0.1, 0.15) is 0 Å². The first-order valence-corrected chi connectivity index (χ1v) is 11.1. The first kappa shape index (κ1) is 21.2. The Hall–Kier alpha value is -3.62. The Morgan fingerprint density at radius 3 is 2.70 bits per heavy atom. The quantitative estimate of drug-likeness (QED) is 0.441. The molecule has 2 aromatic carbocycles. The van der Waals surface area contributed by atoms with Crippen LogP contribution in [0.15, 0.2) is 67.0 Å². The van der Waals surface area contributed by atoms with Gasteiger partial charge >= 0.3 is 0 Å². The van der Waals surface area contributed by atoms with Crippen LogP contribution >= 0.6 is 0 Å². The van der Waals surface area contributed by atoms with E-state index in [1.54, 1.807) is 13.3 Å². The average molecular weight is 446 g/mol. The highest BCUT2D eigenvalue weighted by Crippen LogP contribution is 2.33. The van der Waals surface area contributed by atoms with Gasteiger partial charge in [0.15, 0.2) is 11.5 Å². The molecule has 0 saturated carbocycles. The van der Waals surface area contributed by atoms with Crippen molar-refractivity contribution in [3.05, 3.63) is 67.0 Å². The van der Waals surface area contributed by atoms with Gasteiger partial charge in [-0.2, -0.15) is 0 Å². The van der Waals surface area contributed by atoms with Crippen molar-refractivity contribution in [1.29, 1.82) is 0 Å². The molecule has 4 aromatic rings. The average Bonchev–Trinajstić information content (AvgIpc) is 3.35. The molecule has 0 unspecified atom stereocenters. The third kappa shape index (κ3) is 4.92. The highest BCUT2D eigenvalue weighted by molar-refractivity contribution is 5.70. The maximum atomic E-state index is 6.03. The van der Waals surface area contributed by atoms with Gasteiger partial charge in [-0.1, -0.05) is 18.2 Å². The molecule has 8 heteroatoms. The molecule has 1 fully saturated rings. The summed E-state index contributed by atoms with van der Waals surface area (Å²) >= 11 is 0. The molecule has 3 heterocycles. The molecule has 0 bridgehead atoms. The van der Waals surface area contributed by atoms with Gasteiger partial charge in [0.25, 0.3) is 0 Å². The largest absolute Gasteiger partial charge is 0.493 e. The van der Waals surface area contributed by atoms with E-state index in [9.17, 15) is 0 Å². The zero-order valence-electron chi connectivity index (χ0n) is 18.6. The van der Waals surface area contributed by atoms with Crippen LogP contribution in [0.5, 0.6) is 11.5 Å². The fourth-order valence-electron chi connectivity index (χ4n) is 3.87. The summed E-state index contributed by atoms with van der Waals surface area (Å²) in [6, 6.07) is 17.8. The van der Waals surface area contributed by atoms with Crippen molar-refractivity contribution >= 4 is 17.3 Å². The van der Waals surface area contributed by atoms with Gasteiger partial charge in [0, 0.05) is 49.3 Å². The number of benzene rings is 2. The molecule has 5 rings (SSSR count). The lowest BCUT2D eigenvalue weighted by Crippen LogP contribution is -2.38. The Morgan fingerprint density at radius 2 is 1.88 bits per heavy atom. The van der Waals surface area contributed by atoms with E-state index in [2.05, 4.69) is 15.2 Å². The molecular formula is C25H27N5O3. The molecule has 0 radical (unpaired) electrons. The minimum Gasteiger partial charge on any atom is -0.493 e. The zero-order chi connectivity index (χ0) is 22.5. The first-order valence-electron chi connectivity index (χ1n) is 11.1. The van der Waals surface area contributed by atoms with Crippen molar-refractivity contribution in [3.8, 4) is 22.8 Å². The van der Waals surface area contributed by atoms with E-state index < -0.39 is 0 Å². The Morgan fingerprint density at radius 1 is 1.03 bits per heavy atom. The van der Waals surface area contributed by atoms with Crippen molar-refractivity contribution in [2.75, 3.05) is 51.9 Å². The molecule has 170 valence electrons. The van der Waals surface area contributed by atoms with E-state index in [-0.39, 0.29) is 0 Å². The number of methoxy groups -OCH3 is 1. The number of morpholine rings is 1. The van der Waals surface area contributed by atoms with Crippen LogP contribution in [0.4, 0.5) is 11.6 Å². The summed E-state index contributed by atoms with van der Waals surface area (Å²) in [4.78, 5) is 11.7. The SMILES string of the molecule is COc1cc(-c2cc3nccn3c(Nc3ccccc3)n2)ccc1OCCN1CCOCC1. The number of rotatable bonds is 8. The third-order valence-corrected chi connectivity index (χ3v) is 5.65. The fraction of sp³-hybridized carbons (Fsp3) is 0.280. The molecule has 2 aromatic heterocycles. The molecule has 0 aliphatic carbocycles.